The van der Waals surface area contributed by atoms with Crippen molar-refractivity contribution in [1.29, 1.82) is 0 Å². The lowest BCUT2D eigenvalue weighted by molar-refractivity contribution is -0.123. The van der Waals surface area contributed by atoms with Crippen molar-refractivity contribution in [3.8, 4) is 0 Å². The van der Waals surface area contributed by atoms with Crippen LogP contribution in [0.15, 0.2) is 0 Å². The number of carbonyl (C=O) groups excluding carboxylic acids is 1. The van der Waals surface area contributed by atoms with Gasteiger partial charge in [-0.1, -0.05) is 13.8 Å². The number of nitrogens with two attached hydrogens (primary N) is 1. The number of likely N-dealkylation sites (tertiary alicyclic amines) is 1. The van der Waals surface area contributed by atoms with Gasteiger partial charge in [0.2, 0.25) is 5.91 Å². The Hall–Kier alpha value is -0.610. The van der Waals surface area contributed by atoms with Crippen molar-refractivity contribution in [1.82, 2.24) is 10.2 Å². The van der Waals surface area contributed by atoms with E-state index in [0.717, 1.165) is 38.9 Å². The molecule has 0 aromatic heterocycles. The van der Waals surface area contributed by atoms with Crippen molar-refractivity contribution in [2.45, 2.75) is 52.5 Å². The van der Waals surface area contributed by atoms with Crippen LogP contribution in [0.2, 0.25) is 0 Å². The first-order chi connectivity index (χ1) is 9.01. The number of nitrogens with one attached hydrogen (secondary N) is 1. The van der Waals surface area contributed by atoms with E-state index in [1.807, 2.05) is 0 Å². The van der Waals surface area contributed by atoms with Crippen molar-refractivity contribution in [3.05, 3.63) is 0 Å². The molecule has 4 nitrogen and oxygen atoms in total. The summed E-state index contributed by atoms with van der Waals surface area (Å²) in [6.45, 7) is 9.88. The SMILES string of the molecule is CC(C)CCC(C)NC(=O)CN1CCC(CN)CC1. The second kappa shape index (κ2) is 8.54. The summed E-state index contributed by atoms with van der Waals surface area (Å²) in [6, 6.07) is 0.288. The van der Waals surface area contributed by atoms with Gasteiger partial charge in [0.05, 0.1) is 6.54 Å². The molecule has 0 aliphatic carbocycles. The zero-order chi connectivity index (χ0) is 14.3. The van der Waals surface area contributed by atoms with E-state index in [4.69, 9.17) is 5.73 Å². The predicted octanol–water partition coefficient (Wildman–Crippen LogP) is 1.60. The van der Waals surface area contributed by atoms with E-state index in [-0.39, 0.29) is 11.9 Å². The topological polar surface area (TPSA) is 58.4 Å². The first-order valence-corrected chi connectivity index (χ1v) is 7.73. The Kier molecular flexibility index (Phi) is 7.39. The number of piperidine rings is 1. The molecule has 112 valence electrons. The van der Waals surface area contributed by atoms with E-state index in [2.05, 4.69) is 31.0 Å². The Bertz CT molecular complexity index is 260. The van der Waals surface area contributed by atoms with Gasteiger partial charge in [-0.05, 0) is 64.1 Å². The molecular formula is C15H31N3O. The smallest absolute Gasteiger partial charge is 0.234 e. The minimum Gasteiger partial charge on any atom is -0.353 e. The molecule has 1 aliphatic heterocycles. The molecule has 19 heavy (non-hydrogen) atoms. The third-order valence-corrected chi connectivity index (χ3v) is 3.99. The molecule has 3 N–H and O–H groups in total. The molecule has 1 unspecified atom stereocenters. The van der Waals surface area contributed by atoms with Crippen molar-refractivity contribution in [2.75, 3.05) is 26.2 Å². The summed E-state index contributed by atoms with van der Waals surface area (Å²) < 4.78 is 0. The molecule has 0 saturated carbocycles. The normalized spacial score (nSPS) is 19.6. The van der Waals surface area contributed by atoms with Gasteiger partial charge >= 0.3 is 0 Å². The summed E-state index contributed by atoms with van der Waals surface area (Å²) in [5.41, 5.74) is 5.68. The molecule has 0 bridgehead atoms. The number of carbonyl (C=O) groups is 1. The first-order valence-electron chi connectivity index (χ1n) is 7.73. The van der Waals surface area contributed by atoms with Crippen LogP contribution in [0, 0.1) is 11.8 Å². The van der Waals surface area contributed by atoms with Gasteiger partial charge in [0.1, 0.15) is 0 Å². The van der Waals surface area contributed by atoms with Gasteiger partial charge in [0.15, 0.2) is 0 Å². The average molecular weight is 269 g/mol. The van der Waals surface area contributed by atoms with Crippen molar-refractivity contribution in [3.63, 3.8) is 0 Å². The van der Waals surface area contributed by atoms with Gasteiger partial charge in [0, 0.05) is 6.04 Å². The maximum absolute atomic E-state index is 11.9. The standard InChI is InChI=1S/C15H31N3O/c1-12(2)4-5-13(3)17-15(19)11-18-8-6-14(10-16)7-9-18/h12-14H,4-11,16H2,1-3H3,(H,17,19). The van der Waals surface area contributed by atoms with Gasteiger partial charge < -0.3 is 11.1 Å². The maximum atomic E-state index is 11.9. The Morgan fingerprint density at radius 1 is 1.26 bits per heavy atom. The fraction of sp³-hybridized carbons (Fsp3) is 0.933. The highest BCUT2D eigenvalue weighted by Crippen LogP contribution is 2.15. The highest BCUT2D eigenvalue weighted by Gasteiger charge is 2.20. The fourth-order valence-corrected chi connectivity index (χ4v) is 2.56. The van der Waals surface area contributed by atoms with E-state index in [1.54, 1.807) is 0 Å². The zero-order valence-corrected chi connectivity index (χ0v) is 12.8. The van der Waals surface area contributed by atoms with Gasteiger partial charge in [-0.3, -0.25) is 9.69 Å². The zero-order valence-electron chi connectivity index (χ0n) is 12.8. The summed E-state index contributed by atoms with van der Waals surface area (Å²) in [7, 11) is 0. The van der Waals surface area contributed by atoms with Crippen LogP contribution in [-0.2, 0) is 4.79 Å². The van der Waals surface area contributed by atoms with Crippen LogP contribution >= 0.6 is 0 Å². The van der Waals surface area contributed by atoms with E-state index in [1.165, 1.54) is 6.42 Å². The van der Waals surface area contributed by atoms with Crippen LogP contribution in [-0.4, -0.2) is 43.0 Å². The van der Waals surface area contributed by atoms with Gasteiger partial charge in [-0.15, -0.1) is 0 Å². The molecule has 1 atom stereocenters. The quantitative estimate of drug-likeness (QED) is 0.738. The van der Waals surface area contributed by atoms with Crippen molar-refractivity contribution >= 4 is 5.91 Å². The van der Waals surface area contributed by atoms with Crippen molar-refractivity contribution < 1.29 is 4.79 Å². The second-order valence-corrected chi connectivity index (χ2v) is 6.39. The highest BCUT2D eigenvalue weighted by atomic mass is 16.2. The minimum atomic E-state index is 0.169. The Morgan fingerprint density at radius 2 is 1.89 bits per heavy atom. The van der Waals surface area contributed by atoms with Crippen LogP contribution in [0.4, 0.5) is 0 Å². The van der Waals surface area contributed by atoms with E-state index in [9.17, 15) is 4.79 Å². The lowest BCUT2D eigenvalue weighted by atomic mass is 9.97. The predicted molar refractivity (Wildman–Crippen MR) is 79.9 cm³/mol. The molecule has 1 saturated heterocycles. The number of rotatable bonds is 7. The molecule has 0 spiro atoms. The molecule has 1 rings (SSSR count). The Labute approximate surface area is 118 Å². The Morgan fingerprint density at radius 3 is 2.42 bits per heavy atom. The molecule has 0 radical (unpaired) electrons. The van der Waals surface area contributed by atoms with Crippen LogP contribution in [0.5, 0.6) is 0 Å². The van der Waals surface area contributed by atoms with Crippen molar-refractivity contribution in [2.24, 2.45) is 17.6 Å². The summed E-state index contributed by atoms with van der Waals surface area (Å²) in [5, 5.41) is 3.10. The van der Waals surface area contributed by atoms with Crippen LogP contribution in [0.1, 0.15) is 46.5 Å². The van der Waals surface area contributed by atoms with Crippen LogP contribution in [0.25, 0.3) is 0 Å². The summed E-state index contributed by atoms with van der Waals surface area (Å²) in [5.74, 6) is 1.53. The molecule has 1 amide bonds. The number of amides is 1. The lowest BCUT2D eigenvalue weighted by Gasteiger charge is -2.31. The monoisotopic (exact) mass is 269 g/mol. The minimum absolute atomic E-state index is 0.169. The van der Waals surface area contributed by atoms with E-state index < -0.39 is 0 Å². The number of hydrogen-bond donors (Lipinski definition) is 2. The van der Waals surface area contributed by atoms with Gasteiger partial charge in [-0.2, -0.15) is 0 Å². The number of nitrogens with zero attached hydrogens (tertiary/aromatic N) is 1. The molecule has 1 aliphatic rings. The van der Waals surface area contributed by atoms with E-state index in [0.29, 0.717) is 18.4 Å². The van der Waals surface area contributed by atoms with Gasteiger partial charge in [0.25, 0.3) is 0 Å². The number of hydrogen-bond acceptors (Lipinski definition) is 3. The second-order valence-electron chi connectivity index (χ2n) is 6.39. The summed E-state index contributed by atoms with van der Waals surface area (Å²) in [6.07, 6.45) is 4.50. The first kappa shape index (κ1) is 16.4. The third-order valence-electron chi connectivity index (χ3n) is 3.99. The molecule has 0 aromatic rings. The fourth-order valence-electron chi connectivity index (χ4n) is 2.56. The highest BCUT2D eigenvalue weighted by molar-refractivity contribution is 5.78. The molecule has 1 fully saturated rings. The van der Waals surface area contributed by atoms with Gasteiger partial charge in [-0.25, -0.2) is 0 Å². The molecule has 1 heterocycles. The summed E-state index contributed by atoms with van der Waals surface area (Å²) >= 11 is 0. The third kappa shape index (κ3) is 6.92. The largest absolute Gasteiger partial charge is 0.353 e. The summed E-state index contributed by atoms with van der Waals surface area (Å²) in [4.78, 5) is 14.2. The van der Waals surface area contributed by atoms with Crippen LogP contribution in [0.3, 0.4) is 0 Å². The average Bonchev–Trinajstić information content (AvgIpc) is 2.37. The molecule has 0 aromatic carbocycles. The Balaban J connectivity index is 2.17. The molecule has 4 heteroatoms. The van der Waals surface area contributed by atoms with E-state index >= 15 is 0 Å². The van der Waals surface area contributed by atoms with Crippen LogP contribution < -0.4 is 11.1 Å². The maximum Gasteiger partial charge on any atom is 0.234 e. The molecular weight excluding hydrogens is 238 g/mol. The lowest BCUT2D eigenvalue weighted by Crippen LogP contribution is -2.44.